The molecule has 1 rings (SSSR count). The normalized spacial score (nSPS) is 12.8. The van der Waals surface area contributed by atoms with E-state index in [9.17, 15) is 8.42 Å². The summed E-state index contributed by atoms with van der Waals surface area (Å²) in [7, 11) is -3.61. The molecule has 20 heavy (non-hydrogen) atoms. The van der Waals surface area contributed by atoms with Crippen LogP contribution in [-0.2, 0) is 10.0 Å². The van der Waals surface area contributed by atoms with Crippen molar-refractivity contribution in [3.8, 4) is 0 Å². The predicted molar refractivity (Wildman–Crippen MR) is 86.1 cm³/mol. The lowest BCUT2D eigenvalue weighted by atomic mass is 10.1. The third-order valence-corrected chi connectivity index (χ3v) is 4.89. The SMILES string of the molecule is CCCCC(CN)NS(=O)(=O)c1ccc(C)cc1Cl.Cl. The van der Waals surface area contributed by atoms with Gasteiger partial charge in [0.1, 0.15) is 4.90 Å². The Morgan fingerprint density at radius 2 is 2.05 bits per heavy atom. The minimum absolute atomic E-state index is 0. The molecule has 1 unspecified atom stereocenters. The van der Waals surface area contributed by atoms with Crippen LogP contribution in [0.25, 0.3) is 0 Å². The molecule has 0 spiro atoms. The van der Waals surface area contributed by atoms with Gasteiger partial charge in [-0.2, -0.15) is 0 Å². The fourth-order valence-corrected chi connectivity index (χ4v) is 3.66. The zero-order chi connectivity index (χ0) is 14.5. The third-order valence-electron chi connectivity index (χ3n) is 2.89. The van der Waals surface area contributed by atoms with Crippen molar-refractivity contribution in [2.45, 2.75) is 44.0 Å². The molecule has 0 aliphatic heterocycles. The molecule has 0 aliphatic carbocycles. The molecule has 0 fully saturated rings. The zero-order valence-electron chi connectivity index (χ0n) is 11.7. The van der Waals surface area contributed by atoms with Crippen LogP contribution in [0, 0.1) is 6.92 Å². The van der Waals surface area contributed by atoms with Crippen LogP contribution in [0.2, 0.25) is 5.02 Å². The number of benzene rings is 1. The van der Waals surface area contributed by atoms with Crippen molar-refractivity contribution in [3.63, 3.8) is 0 Å². The number of hydrogen-bond donors (Lipinski definition) is 2. The van der Waals surface area contributed by atoms with E-state index in [1.807, 2.05) is 6.92 Å². The summed E-state index contributed by atoms with van der Waals surface area (Å²) in [6, 6.07) is 4.64. The summed E-state index contributed by atoms with van der Waals surface area (Å²) in [6.45, 7) is 4.20. The molecule has 0 aromatic heterocycles. The number of hydrogen-bond acceptors (Lipinski definition) is 3. The largest absolute Gasteiger partial charge is 0.329 e. The van der Waals surface area contributed by atoms with Gasteiger partial charge >= 0.3 is 0 Å². The maximum Gasteiger partial charge on any atom is 0.242 e. The summed E-state index contributed by atoms with van der Waals surface area (Å²) in [4.78, 5) is 0.106. The molecule has 1 atom stereocenters. The number of unbranched alkanes of at least 4 members (excludes halogenated alkanes) is 1. The lowest BCUT2D eigenvalue weighted by Crippen LogP contribution is -2.40. The van der Waals surface area contributed by atoms with Crippen LogP contribution in [0.1, 0.15) is 31.7 Å². The van der Waals surface area contributed by atoms with Crippen LogP contribution >= 0.6 is 24.0 Å². The average Bonchev–Trinajstić information content (AvgIpc) is 2.33. The molecule has 0 bridgehead atoms. The van der Waals surface area contributed by atoms with Crippen molar-refractivity contribution >= 4 is 34.0 Å². The molecule has 7 heteroatoms. The highest BCUT2D eigenvalue weighted by atomic mass is 35.5. The van der Waals surface area contributed by atoms with Crippen LogP contribution in [0.5, 0.6) is 0 Å². The van der Waals surface area contributed by atoms with Crippen molar-refractivity contribution in [1.82, 2.24) is 4.72 Å². The van der Waals surface area contributed by atoms with E-state index in [-0.39, 0.29) is 34.9 Å². The number of rotatable bonds is 7. The fourth-order valence-electron chi connectivity index (χ4n) is 1.78. The molecule has 0 amide bonds. The second-order valence-corrected chi connectivity index (χ2v) is 6.72. The molecule has 0 saturated heterocycles. The van der Waals surface area contributed by atoms with Crippen LogP contribution in [-0.4, -0.2) is 21.0 Å². The molecule has 3 N–H and O–H groups in total. The Morgan fingerprint density at radius 1 is 1.40 bits per heavy atom. The Kier molecular flexibility index (Phi) is 8.70. The van der Waals surface area contributed by atoms with Crippen molar-refractivity contribution in [2.75, 3.05) is 6.54 Å². The van der Waals surface area contributed by atoms with Gasteiger partial charge in [0, 0.05) is 12.6 Å². The van der Waals surface area contributed by atoms with Gasteiger partial charge in [-0.25, -0.2) is 13.1 Å². The molecule has 0 heterocycles. The van der Waals surface area contributed by atoms with E-state index in [1.54, 1.807) is 12.1 Å². The minimum Gasteiger partial charge on any atom is -0.329 e. The minimum atomic E-state index is -3.61. The summed E-state index contributed by atoms with van der Waals surface area (Å²) in [5.74, 6) is 0. The van der Waals surface area contributed by atoms with Crippen LogP contribution in [0.3, 0.4) is 0 Å². The number of nitrogens with one attached hydrogen (secondary N) is 1. The fraction of sp³-hybridized carbons (Fsp3) is 0.538. The molecule has 0 saturated carbocycles. The molecule has 1 aromatic rings. The smallest absolute Gasteiger partial charge is 0.242 e. The van der Waals surface area contributed by atoms with Gasteiger partial charge in [0.25, 0.3) is 0 Å². The first kappa shape index (κ1) is 19.7. The molecule has 0 aliphatic rings. The van der Waals surface area contributed by atoms with Gasteiger partial charge in [0.15, 0.2) is 0 Å². The second-order valence-electron chi connectivity index (χ2n) is 4.63. The van der Waals surface area contributed by atoms with E-state index in [1.165, 1.54) is 6.07 Å². The van der Waals surface area contributed by atoms with E-state index in [4.69, 9.17) is 17.3 Å². The molecular formula is C13H22Cl2N2O2S. The Labute approximate surface area is 132 Å². The molecular weight excluding hydrogens is 319 g/mol. The first-order valence-electron chi connectivity index (χ1n) is 6.39. The van der Waals surface area contributed by atoms with Crippen LogP contribution in [0.15, 0.2) is 23.1 Å². The summed E-state index contributed by atoms with van der Waals surface area (Å²) in [6.07, 6.45) is 2.67. The summed E-state index contributed by atoms with van der Waals surface area (Å²) in [5, 5.41) is 0.235. The first-order valence-corrected chi connectivity index (χ1v) is 8.25. The Hall–Kier alpha value is -0.330. The van der Waals surface area contributed by atoms with E-state index in [0.717, 1.165) is 24.8 Å². The highest BCUT2D eigenvalue weighted by Crippen LogP contribution is 2.22. The van der Waals surface area contributed by atoms with Gasteiger partial charge in [-0.15, -0.1) is 12.4 Å². The summed E-state index contributed by atoms with van der Waals surface area (Å²) in [5.41, 5.74) is 6.52. The second kappa shape index (κ2) is 8.85. The van der Waals surface area contributed by atoms with E-state index in [2.05, 4.69) is 11.6 Å². The van der Waals surface area contributed by atoms with Crippen LogP contribution in [0.4, 0.5) is 0 Å². The van der Waals surface area contributed by atoms with E-state index in [0.29, 0.717) is 0 Å². The Morgan fingerprint density at radius 3 is 2.55 bits per heavy atom. The first-order chi connectivity index (χ1) is 8.90. The molecule has 0 radical (unpaired) electrons. The number of nitrogens with two attached hydrogens (primary N) is 1. The molecule has 4 nitrogen and oxygen atoms in total. The predicted octanol–water partition coefficient (Wildman–Crippen LogP) is 2.87. The van der Waals surface area contributed by atoms with Gasteiger partial charge in [-0.05, 0) is 31.0 Å². The lowest BCUT2D eigenvalue weighted by molar-refractivity contribution is 0.516. The van der Waals surface area contributed by atoms with Crippen molar-refractivity contribution in [2.24, 2.45) is 5.73 Å². The van der Waals surface area contributed by atoms with E-state index >= 15 is 0 Å². The van der Waals surface area contributed by atoms with Crippen molar-refractivity contribution in [1.29, 1.82) is 0 Å². The maximum absolute atomic E-state index is 12.2. The maximum atomic E-state index is 12.2. The van der Waals surface area contributed by atoms with Gasteiger partial charge < -0.3 is 5.73 Å². The third kappa shape index (κ3) is 5.58. The summed E-state index contributed by atoms with van der Waals surface area (Å²) < 4.78 is 27.1. The van der Waals surface area contributed by atoms with Gasteiger partial charge in [0.05, 0.1) is 5.02 Å². The van der Waals surface area contributed by atoms with Crippen molar-refractivity contribution < 1.29 is 8.42 Å². The number of halogens is 2. The molecule has 116 valence electrons. The van der Waals surface area contributed by atoms with E-state index < -0.39 is 10.0 Å². The van der Waals surface area contributed by atoms with Gasteiger partial charge in [0.2, 0.25) is 10.0 Å². The average molecular weight is 341 g/mol. The van der Waals surface area contributed by atoms with Gasteiger partial charge in [-0.1, -0.05) is 37.4 Å². The van der Waals surface area contributed by atoms with Crippen molar-refractivity contribution in [3.05, 3.63) is 28.8 Å². The molecule has 1 aromatic carbocycles. The number of aryl methyl sites for hydroxylation is 1. The number of sulfonamides is 1. The monoisotopic (exact) mass is 340 g/mol. The highest BCUT2D eigenvalue weighted by molar-refractivity contribution is 7.89. The highest BCUT2D eigenvalue weighted by Gasteiger charge is 2.21. The van der Waals surface area contributed by atoms with Gasteiger partial charge in [-0.3, -0.25) is 0 Å². The topological polar surface area (TPSA) is 72.2 Å². The Balaban J connectivity index is 0.00000361. The Bertz CT molecular complexity index is 521. The summed E-state index contributed by atoms with van der Waals surface area (Å²) >= 11 is 5.99. The standard InChI is InChI=1S/C13H21ClN2O2S.ClH/c1-3-4-5-11(9-15)16-19(17,18)13-7-6-10(2)8-12(13)14;/h6-8,11,16H,3-5,9,15H2,1-2H3;1H. The quantitative estimate of drug-likeness (QED) is 0.801. The zero-order valence-corrected chi connectivity index (χ0v) is 14.1. The van der Waals surface area contributed by atoms with Crippen LogP contribution < -0.4 is 10.5 Å². The lowest BCUT2D eigenvalue weighted by Gasteiger charge is -2.17.